The first-order chi connectivity index (χ1) is 5.95. The summed E-state index contributed by atoms with van der Waals surface area (Å²) in [6.45, 7) is 8.02. The maximum Gasteiger partial charge on any atom is 0.161 e. The molecule has 0 aromatic heterocycles. The average molecular weight is 186 g/mol. The van der Waals surface area contributed by atoms with Gasteiger partial charge in [-0.05, 0) is 18.3 Å². The van der Waals surface area contributed by atoms with Gasteiger partial charge in [-0.2, -0.15) is 0 Å². The van der Waals surface area contributed by atoms with Gasteiger partial charge in [-0.25, -0.2) is 0 Å². The van der Waals surface area contributed by atoms with E-state index in [2.05, 4.69) is 13.8 Å². The fourth-order valence-electron chi connectivity index (χ4n) is 1.20. The van der Waals surface area contributed by atoms with Crippen LogP contribution in [0.2, 0.25) is 0 Å². The standard InChI is InChI=1S/C11H22O2/c1-8(2)6-5-7-10(12)11(13)9(3)4/h8-9,11,13H,5-7H2,1-4H3. The van der Waals surface area contributed by atoms with Crippen molar-refractivity contribution in [1.29, 1.82) is 0 Å². The largest absolute Gasteiger partial charge is 0.385 e. The second-order valence-corrected chi connectivity index (χ2v) is 4.44. The van der Waals surface area contributed by atoms with Gasteiger partial charge >= 0.3 is 0 Å². The van der Waals surface area contributed by atoms with Crippen molar-refractivity contribution in [2.75, 3.05) is 0 Å². The van der Waals surface area contributed by atoms with Gasteiger partial charge in [0.15, 0.2) is 5.78 Å². The molecule has 0 aliphatic heterocycles. The normalized spacial score (nSPS) is 13.8. The molecule has 78 valence electrons. The maximum absolute atomic E-state index is 11.3. The molecule has 1 unspecified atom stereocenters. The van der Waals surface area contributed by atoms with Crippen molar-refractivity contribution in [3.8, 4) is 0 Å². The molecule has 0 fully saturated rings. The van der Waals surface area contributed by atoms with E-state index in [0.717, 1.165) is 12.8 Å². The van der Waals surface area contributed by atoms with E-state index < -0.39 is 6.10 Å². The van der Waals surface area contributed by atoms with Gasteiger partial charge < -0.3 is 5.11 Å². The highest BCUT2D eigenvalue weighted by Gasteiger charge is 2.17. The summed E-state index contributed by atoms with van der Waals surface area (Å²) in [7, 11) is 0. The van der Waals surface area contributed by atoms with Crippen LogP contribution in [0.5, 0.6) is 0 Å². The number of hydrogen-bond acceptors (Lipinski definition) is 2. The van der Waals surface area contributed by atoms with Gasteiger partial charge in [-0.1, -0.05) is 34.1 Å². The second-order valence-electron chi connectivity index (χ2n) is 4.44. The van der Waals surface area contributed by atoms with Crippen LogP contribution in [0.25, 0.3) is 0 Å². The molecule has 0 aliphatic rings. The van der Waals surface area contributed by atoms with Gasteiger partial charge in [0, 0.05) is 6.42 Å². The summed E-state index contributed by atoms with van der Waals surface area (Å²) in [5, 5.41) is 9.41. The molecule has 1 N–H and O–H groups in total. The molecule has 2 heteroatoms. The van der Waals surface area contributed by atoms with Crippen molar-refractivity contribution in [1.82, 2.24) is 0 Å². The van der Waals surface area contributed by atoms with Crippen molar-refractivity contribution >= 4 is 5.78 Å². The Bertz CT molecular complexity index is 150. The van der Waals surface area contributed by atoms with E-state index in [1.54, 1.807) is 0 Å². The Morgan fingerprint density at radius 1 is 1.23 bits per heavy atom. The van der Waals surface area contributed by atoms with E-state index in [1.807, 2.05) is 13.8 Å². The first-order valence-corrected chi connectivity index (χ1v) is 5.16. The molecule has 0 rings (SSSR count). The van der Waals surface area contributed by atoms with Gasteiger partial charge in [0.2, 0.25) is 0 Å². The van der Waals surface area contributed by atoms with Crippen molar-refractivity contribution in [3.63, 3.8) is 0 Å². The van der Waals surface area contributed by atoms with E-state index in [4.69, 9.17) is 0 Å². The first-order valence-electron chi connectivity index (χ1n) is 5.16. The van der Waals surface area contributed by atoms with Crippen molar-refractivity contribution in [3.05, 3.63) is 0 Å². The summed E-state index contributed by atoms with van der Waals surface area (Å²) in [5.41, 5.74) is 0. The van der Waals surface area contributed by atoms with E-state index >= 15 is 0 Å². The van der Waals surface area contributed by atoms with Gasteiger partial charge in [0.25, 0.3) is 0 Å². The predicted molar refractivity (Wildman–Crippen MR) is 54.5 cm³/mol. The number of aliphatic hydroxyl groups is 1. The lowest BCUT2D eigenvalue weighted by atomic mass is 9.97. The molecule has 2 nitrogen and oxygen atoms in total. The molecule has 0 aliphatic carbocycles. The van der Waals surface area contributed by atoms with E-state index in [9.17, 15) is 9.90 Å². The van der Waals surface area contributed by atoms with Gasteiger partial charge in [-0.3, -0.25) is 4.79 Å². The van der Waals surface area contributed by atoms with Crippen LogP contribution >= 0.6 is 0 Å². The molecular weight excluding hydrogens is 164 g/mol. The average Bonchev–Trinajstić information content (AvgIpc) is 2.02. The lowest BCUT2D eigenvalue weighted by Gasteiger charge is -2.13. The Morgan fingerprint density at radius 3 is 2.15 bits per heavy atom. The molecule has 0 spiro atoms. The third-order valence-corrected chi connectivity index (χ3v) is 2.17. The number of ketones is 1. The minimum Gasteiger partial charge on any atom is -0.385 e. The summed E-state index contributed by atoms with van der Waals surface area (Å²) in [6, 6.07) is 0. The first kappa shape index (κ1) is 12.6. The Hall–Kier alpha value is -0.370. The van der Waals surface area contributed by atoms with Crippen LogP contribution in [-0.4, -0.2) is 17.0 Å². The quantitative estimate of drug-likeness (QED) is 0.691. The Morgan fingerprint density at radius 2 is 1.77 bits per heavy atom. The number of rotatable bonds is 6. The lowest BCUT2D eigenvalue weighted by molar-refractivity contribution is -0.129. The third-order valence-electron chi connectivity index (χ3n) is 2.17. The zero-order chi connectivity index (χ0) is 10.4. The fourth-order valence-corrected chi connectivity index (χ4v) is 1.20. The zero-order valence-electron chi connectivity index (χ0n) is 9.21. The fraction of sp³-hybridized carbons (Fsp3) is 0.909. The maximum atomic E-state index is 11.3. The molecule has 0 saturated heterocycles. The monoisotopic (exact) mass is 186 g/mol. The smallest absolute Gasteiger partial charge is 0.161 e. The van der Waals surface area contributed by atoms with Gasteiger partial charge in [-0.15, -0.1) is 0 Å². The molecule has 0 radical (unpaired) electrons. The summed E-state index contributed by atoms with van der Waals surface area (Å²) in [5.74, 6) is 0.686. The lowest BCUT2D eigenvalue weighted by Crippen LogP contribution is -2.25. The number of carbonyl (C=O) groups is 1. The summed E-state index contributed by atoms with van der Waals surface area (Å²) >= 11 is 0. The number of aliphatic hydroxyl groups excluding tert-OH is 1. The Kier molecular flexibility index (Phi) is 5.97. The molecule has 0 amide bonds. The second kappa shape index (κ2) is 6.14. The topological polar surface area (TPSA) is 37.3 Å². The molecule has 0 aromatic carbocycles. The Labute approximate surface area is 81.3 Å². The Balaban J connectivity index is 3.62. The van der Waals surface area contributed by atoms with Gasteiger partial charge in [0.05, 0.1) is 0 Å². The molecule has 0 heterocycles. The highest BCUT2D eigenvalue weighted by atomic mass is 16.3. The van der Waals surface area contributed by atoms with Crippen LogP contribution in [0.1, 0.15) is 47.0 Å². The van der Waals surface area contributed by atoms with Crippen LogP contribution in [0.3, 0.4) is 0 Å². The summed E-state index contributed by atoms with van der Waals surface area (Å²) in [6.07, 6.45) is 1.74. The van der Waals surface area contributed by atoms with Crippen LogP contribution in [0.4, 0.5) is 0 Å². The third kappa shape index (κ3) is 5.81. The molecule has 0 aromatic rings. The minimum atomic E-state index is -0.757. The minimum absolute atomic E-state index is 0.00403. The highest BCUT2D eigenvalue weighted by Crippen LogP contribution is 2.10. The molecule has 0 bridgehead atoms. The van der Waals surface area contributed by atoms with Crippen LogP contribution in [0, 0.1) is 11.8 Å². The van der Waals surface area contributed by atoms with Crippen LogP contribution in [0.15, 0.2) is 0 Å². The van der Waals surface area contributed by atoms with Crippen molar-refractivity contribution in [2.45, 2.75) is 53.1 Å². The van der Waals surface area contributed by atoms with Crippen molar-refractivity contribution < 1.29 is 9.90 Å². The van der Waals surface area contributed by atoms with Gasteiger partial charge in [0.1, 0.15) is 6.10 Å². The zero-order valence-corrected chi connectivity index (χ0v) is 9.21. The van der Waals surface area contributed by atoms with Crippen LogP contribution in [-0.2, 0) is 4.79 Å². The number of Topliss-reactive ketones (excluding diaryl/α,β-unsaturated/α-hetero) is 1. The van der Waals surface area contributed by atoms with E-state index in [0.29, 0.717) is 12.3 Å². The van der Waals surface area contributed by atoms with Crippen LogP contribution < -0.4 is 0 Å². The summed E-state index contributed by atoms with van der Waals surface area (Å²) < 4.78 is 0. The summed E-state index contributed by atoms with van der Waals surface area (Å²) in [4.78, 5) is 11.3. The SMILES string of the molecule is CC(C)CCCC(=O)C(O)C(C)C. The molecule has 1 atom stereocenters. The molecule has 13 heavy (non-hydrogen) atoms. The highest BCUT2D eigenvalue weighted by molar-refractivity contribution is 5.82. The number of carbonyl (C=O) groups excluding carboxylic acids is 1. The van der Waals surface area contributed by atoms with E-state index in [1.165, 1.54) is 0 Å². The predicted octanol–water partition coefficient (Wildman–Crippen LogP) is 2.40. The molecular formula is C11H22O2. The number of hydrogen-bond donors (Lipinski definition) is 1. The molecule has 0 saturated carbocycles. The van der Waals surface area contributed by atoms with E-state index in [-0.39, 0.29) is 11.7 Å². The van der Waals surface area contributed by atoms with Crippen molar-refractivity contribution in [2.24, 2.45) is 11.8 Å².